The molecule has 1 heterocycles. The van der Waals surface area contributed by atoms with Gasteiger partial charge in [0.25, 0.3) is 5.91 Å². The molecule has 0 radical (unpaired) electrons. The van der Waals surface area contributed by atoms with Crippen molar-refractivity contribution in [2.45, 2.75) is 0 Å². The molecule has 0 aliphatic heterocycles. The van der Waals surface area contributed by atoms with E-state index in [0.29, 0.717) is 16.9 Å². The molecule has 1 amide bonds. The molecular formula is C18H15BrN4O3. The Morgan fingerprint density at radius 2 is 1.77 bits per heavy atom. The molecule has 0 bridgehead atoms. The first-order valence-electron chi connectivity index (χ1n) is 7.59. The number of nitrogens with zero attached hydrogens (tertiary/aromatic N) is 2. The van der Waals surface area contributed by atoms with Crippen LogP contribution in [0.4, 0.5) is 11.5 Å². The number of halogens is 1. The van der Waals surface area contributed by atoms with Gasteiger partial charge >= 0.3 is 5.97 Å². The van der Waals surface area contributed by atoms with Crippen molar-refractivity contribution < 1.29 is 14.3 Å². The number of amides is 1. The van der Waals surface area contributed by atoms with Gasteiger partial charge in [-0.15, -0.1) is 0 Å². The third-order valence-electron chi connectivity index (χ3n) is 3.69. The van der Waals surface area contributed by atoms with Crippen molar-refractivity contribution in [1.29, 1.82) is 0 Å². The minimum atomic E-state index is -0.556. The second-order valence-electron chi connectivity index (χ2n) is 5.35. The van der Waals surface area contributed by atoms with Gasteiger partial charge in [-0.3, -0.25) is 4.79 Å². The summed E-state index contributed by atoms with van der Waals surface area (Å²) in [6.45, 7) is 0. The molecule has 7 nitrogen and oxygen atoms in total. The number of carbonyl (C=O) groups excluding carboxylic acids is 2. The lowest BCUT2D eigenvalue weighted by Gasteiger charge is -2.08. The Kier molecular flexibility index (Phi) is 5.04. The Hall–Kier alpha value is -3.13. The first-order chi connectivity index (χ1) is 12.5. The summed E-state index contributed by atoms with van der Waals surface area (Å²) in [6.07, 6.45) is 1.34. The molecule has 0 spiro atoms. The average molecular weight is 415 g/mol. The van der Waals surface area contributed by atoms with Crippen LogP contribution in [0.2, 0.25) is 0 Å². The molecule has 3 N–H and O–H groups in total. The van der Waals surface area contributed by atoms with Crippen LogP contribution in [0.25, 0.3) is 5.69 Å². The molecule has 0 unspecified atom stereocenters. The van der Waals surface area contributed by atoms with E-state index in [2.05, 4.69) is 31.1 Å². The standard InChI is InChI=1S/C18H15BrN4O3/c1-26-18(25)15-10-21-23(16(15)20)14-8-2-11(3-9-14)17(24)22-13-6-4-12(19)5-7-13/h2-10H,20H2,1H3,(H,22,24). The van der Waals surface area contributed by atoms with Crippen LogP contribution < -0.4 is 11.1 Å². The van der Waals surface area contributed by atoms with Gasteiger partial charge < -0.3 is 15.8 Å². The van der Waals surface area contributed by atoms with E-state index in [9.17, 15) is 9.59 Å². The Balaban J connectivity index is 1.78. The summed E-state index contributed by atoms with van der Waals surface area (Å²) in [5, 5.41) is 6.91. The maximum absolute atomic E-state index is 12.3. The molecule has 3 rings (SSSR count). The molecule has 8 heteroatoms. The number of benzene rings is 2. The van der Waals surface area contributed by atoms with Gasteiger partial charge in [0.15, 0.2) is 0 Å². The van der Waals surface area contributed by atoms with E-state index in [4.69, 9.17) is 5.73 Å². The van der Waals surface area contributed by atoms with Crippen molar-refractivity contribution >= 4 is 39.3 Å². The number of esters is 1. The molecule has 0 aliphatic carbocycles. The van der Waals surface area contributed by atoms with Crippen LogP contribution in [0.5, 0.6) is 0 Å². The van der Waals surface area contributed by atoms with Crippen LogP contribution in [0.1, 0.15) is 20.7 Å². The van der Waals surface area contributed by atoms with Crippen molar-refractivity contribution in [3.05, 3.63) is 70.3 Å². The second kappa shape index (κ2) is 7.40. The van der Waals surface area contributed by atoms with E-state index in [1.807, 2.05) is 12.1 Å². The van der Waals surface area contributed by atoms with Crippen LogP contribution in [0, 0.1) is 0 Å². The van der Waals surface area contributed by atoms with Crippen LogP contribution in [0.15, 0.2) is 59.2 Å². The van der Waals surface area contributed by atoms with Crippen LogP contribution in [0.3, 0.4) is 0 Å². The van der Waals surface area contributed by atoms with E-state index in [1.54, 1.807) is 36.4 Å². The number of nitrogens with one attached hydrogen (secondary N) is 1. The molecule has 0 fully saturated rings. The van der Waals surface area contributed by atoms with Crippen LogP contribution in [-0.4, -0.2) is 28.8 Å². The highest BCUT2D eigenvalue weighted by Crippen LogP contribution is 2.19. The minimum absolute atomic E-state index is 0.170. The normalized spacial score (nSPS) is 10.4. The highest BCUT2D eigenvalue weighted by Gasteiger charge is 2.16. The van der Waals surface area contributed by atoms with Gasteiger partial charge in [0.1, 0.15) is 11.4 Å². The Morgan fingerprint density at radius 3 is 2.38 bits per heavy atom. The first-order valence-corrected chi connectivity index (χ1v) is 8.38. The zero-order valence-electron chi connectivity index (χ0n) is 13.8. The summed E-state index contributed by atoms with van der Waals surface area (Å²) < 4.78 is 6.99. The highest BCUT2D eigenvalue weighted by atomic mass is 79.9. The van der Waals surface area contributed by atoms with E-state index < -0.39 is 5.97 Å². The molecule has 0 saturated carbocycles. The number of nitrogen functional groups attached to an aromatic ring is 1. The number of anilines is 2. The largest absolute Gasteiger partial charge is 0.465 e. The third-order valence-corrected chi connectivity index (χ3v) is 4.22. The summed E-state index contributed by atoms with van der Waals surface area (Å²) in [5.41, 5.74) is 7.93. The SMILES string of the molecule is COC(=O)c1cnn(-c2ccc(C(=O)Nc3ccc(Br)cc3)cc2)c1N. The van der Waals surface area contributed by atoms with Gasteiger partial charge in [-0.05, 0) is 48.5 Å². The fraction of sp³-hybridized carbons (Fsp3) is 0.0556. The molecule has 26 heavy (non-hydrogen) atoms. The number of methoxy groups -OCH3 is 1. The van der Waals surface area contributed by atoms with Crippen molar-refractivity contribution in [1.82, 2.24) is 9.78 Å². The van der Waals surface area contributed by atoms with E-state index >= 15 is 0 Å². The molecular weight excluding hydrogens is 400 g/mol. The van der Waals surface area contributed by atoms with E-state index in [0.717, 1.165) is 4.47 Å². The maximum atomic E-state index is 12.3. The van der Waals surface area contributed by atoms with Gasteiger partial charge in [0.2, 0.25) is 0 Å². The number of rotatable bonds is 4. The number of aromatic nitrogens is 2. The highest BCUT2D eigenvalue weighted by molar-refractivity contribution is 9.10. The molecule has 3 aromatic rings. The first kappa shape index (κ1) is 17.7. The topological polar surface area (TPSA) is 99.2 Å². The Morgan fingerprint density at radius 1 is 1.12 bits per heavy atom. The van der Waals surface area contributed by atoms with Crippen molar-refractivity contribution in [2.24, 2.45) is 0 Å². The lowest BCUT2D eigenvalue weighted by Crippen LogP contribution is -2.12. The predicted molar refractivity (Wildman–Crippen MR) is 101 cm³/mol. The van der Waals surface area contributed by atoms with E-state index in [-0.39, 0.29) is 17.3 Å². The summed E-state index contributed by atoms with van der Waals surface area (Å²) in [7, 11) is 1.28. The zero-order valence-corrected chi connectivity index (χ0v) is 15.4. The van der Waals surface area contributed by atoms with Gasteiger partial charge in [-0.1, -0.05) is 15.9 Å². The average Bonchev–Trinajstić information content (AvgIpc) is 3.04. The van der Waals surface area contributed by atoms with Crippen molar-refractivity contribution in [2.75, 3.05) is 18.2 Å². The Bertz CT molecular complexity index is 950. The lowest BCUT2D eigenvalue weighted by molar-refractivity contribution is 0.0602. The molecule has 1 aromatic heterocycles. The number of nitrogens with two attached hydrogens (primary N) is 1. The van der Waals surface area contributed by atoms with Crippen molar-refractivity contribution in [3.63, 3.8) is 0 Å². The third kappa shape index (κ3) is 3.60. The minimum Gasteiger partial charge on any atom is -0.465 e. The smallest absolute Gasteiger partial charge is 0.343 e. The van der Waals surface area contributed by atoms with Gasteiger partial charge in [0, 0.05) is 15.7 Å². The molecule has 2 aromatic carbocycles. The lowest BCUT2D eigenvalue weighted by atomic mass is 10.2. The van der Waals surface area contributed by atoms with Gasteiger partial charge in [-0.2, -0.15) is 5.10 Å². The van der Waals surface area contributed by atoms with Crippen LogP contribution in [-0.2, 0) is 4.74 Å². The number of hydrogen-bond acceptors (Lipinski definition) is 5. The van der Waals surface area contributed by atoms with Gasteiger partial charge in [0.05, 0.1) is 19.0 Å². The number of ether oxygens (including phenoxy) is 1. The molecule has 0 saturated heterocycles. The quantitative estimate of drug-likeness (QED) is 0.638. The number of carbonyl (C=O) groups is 2. The second-order valence-corrected chi connectivity index (χ2v) is 6.27. The fourth-order valence-electron chi connectivity index (χ4n) is 2.32. The molecule has 132 valence electrons. The monoisotopic (exact) mass is 414 g/mol. The summed E-state index contributed by atoms with van der Waals surface area (Å²) in [5.74, 6) is -0.620. The summed E-state index contributed by atoms with van der Waals surface area (Å²) >= 11 is 3.35. The van der Waals surface area contributed by atoms with Crippen molar-refractivity contribution in [3.8, 4) is 5.69 Å². The summed E-state index contributed by atoms with van der Waals surface area (Å²) in [6, 6.07) is 14.0. The van der Waals surface area contributed by atoms with Crippen LogP contribution >= 0.6 is 15.9 Å². The maximum Gasteiger partial charge on any atom is 0.343 e. The molecule has 0 atom stereocenters. The zero-order chi connectivity index (χ0) is 18.7. The Labute approximate surface area is 157 Å². The summed E-state index contributed by atoms with van der Waals surface area (Å²) in [4.78, 5) is 23.9. The van der Waals surface area contributed by atoms with Gasteiger partial charge in [-0.25, -0.2) is 9.48 Å². The predicted octanol–water partition coefficient (Wildman–Crippen LogP) is 3.26. The fourth-order valence-corrected chi connectivity index (χ4v) is 2.59. The molecule has 0 aliphatic rings. The number of hydrogen-bond donors (Lipinski definition) is 2. The van der Waals surface area contributed by atoms with E-state index in [1.165, 1.54) is 18.0 Å².